The number of aromatic nitrogens is 4. The highest BCUT2D eigenvalue weighted by molar-refractivity contribution is 5.88. The Hall–Kier alpha value is -4.27. The molecule has 1 aliphatic rings. The van der Waals surface area contributed by atoms with Crippen LogP contribution in [0.2, 0.25) is 0 Å². The molecule has 1 unspecified atom stereocenters. The Morgan fingerprint density at radius 2 is 1.59 bits per heavy atom. The molecular formula is C33H37N7O. The third-order valence-corrected chi connectivity index (χ3v) is 8.02. The van der Waals surface area contributed by atoms with Gasteiger partial charge in [-0.05, 0) is 49.6 Å². The number of anilines is 2. The average molecular weight is 548 g/mol. The second-order valence-electron chi connectivity index (χ2n) is 10.7. The molecule has 5 aromatic rings. The molecule has 2 N–H and O–H groups in total. The highest BCUT2D eigenvalue weighted by Crippen LogP contribution is 2.30. The van der Waals surface area contributed by atoms with Crippen molar-refractivity contribution in [3.63, 3.8) is 0 Å². The van der Waals surface area contributed by atoms with E-state index in [1.807, 2.05) is 36.4 Å². The first-order valence-electron chi connectivity index (χ1n) is 14.4. The molecule has 2 aromatic heterocycles. The van der Waals surface area contributed by atoms with E-state index < -0.39 is 6.10 Å². The number of fused-ring (bicyclic) bond motifs is 1. The van der Waals surface area contributed by atoms with Crippen LogP contribution in [0.3, 0.4) is 0 Å². The monoisotopic (exact) mass is 547 g/mol. The molecule has 41 heavy (non-hydrogen) atoms. The van der Waals surface area contributed by atoms with Crippen molar-refractivity contribution in [2.24, 2.45) is 0 Å². The number of piperazine rings is 1. The lowest BCUT2D eigenvalue weighted by atomic mass is 10.1. The zero-order valence-electron chi connectivity index (χ0n) is 23.7. The molecule has 1 atom stereocenters. The van der Waals surface area contributed by atoms with Crippen LogP contribution in [0.1, 0.15) is 17.5 Å². The van der Waals surface area contributed by atoms with Crippen LogP contribution in [0, 0.1) is 13.8 Å². The second-order valence-corrected chi connectivity index (χ2v) is 10.7. The molecule has 0 radical (unpaired) electrons. The van der Waals surface area contributed by atoms with Crippen LogP contribution in [-0.4, -0.2) is 74.9 Å². The second kappa shape index (κ2) is 12.1. The normalized spacial score (nSPS) is 14.9. The lowest BCUT2D eigenvalue weighted by Crippen LogP contribution is -2.49. The van der Waals surface area contributed by atoms with Crippen molar-refractivity contribution >= 4 is 22.7 Å². The van der Waals surface area contributed by atoms with Gasteiger partial charge in [0.15, 0.2) is 17.0 Å². The highest BCUT2D eigenvalue weighted by Gasteiger charge is 2.22. The van der Waals surface area contributed by atoms with E-state index in [1.54, 1.807) is 6.33 Å². The molecule has 0 amide bonds. The van der Waals surface area contributed by atoms with Crippen LogP contribution in [0.15, 0.2) is 85.2 Å². The van der Waals surface area contributed by atoms with Crippen LogP contribution < -0.4 is 10.2 Å². The summed E-state index contributed by atoms with van der Waals surface area (Å²) in [6.07, 6.45) is 1.77. The van der Waals surface area contributed by atoms with Gasteiger partial charge in [0.05, 0.1) is 6.10 Å². The van der Waals surface area contributed by atoms with Crippen molar-refractivity contribution in [1.82, 2.24) is 24.4 Å². The molecule has 3 heterocycles. The van der Waals surface area contributed by atoms with Crippen molar-refractivity contribution in [3.05, 3.63) is 96.3 Å². The van der Waals surface area contributed by atoms with Gasteiger partial charge in [0.2, 0.25) is 0 Å². The van der Waals surface area contributed by atoms with E-state index in [1.165, 1.54) is 16.8 Å². The summed E-state index contributed by atoms with van der Waals surface area (Å²) in [5, 5.41) is 14.3. The Morgan fingerprint density at radius 3 is 2.34 bits per heavy atom. The smallest absolute Gasteiger partial charge is 0.170 e. The van der Waals surface area contributed by atoms with E-state index in [-0.39, 0.29) is 0 Å². The third kappa shape index (κ3) is 5.80. The van der Waals surface area contributed by atoms with Gasteiger partial charge in [0.25, 0.3) is 0 Å². The van der Waals surface area contributed by atoms with Gasteiger partial charge >= 0.3 is 0 Å². The zero-order chi connectivity index (χ0) is 28.2. The zero-order valence-corrected chi connectivity index (χ0v) is 23.7. The van der Waals surface area contributed by atoms with Crippen LogP contribution in [0.5, 0.6) is 0 Å². The minimum Gasteiger partial charge on any atom is -0.392 e. The first-order valence-corrected chi connectivity index (χ1v) is 14.4. The summed E-state index contributed by atoms with van der Waals surface area (Å²) in [6, 6.07) is 26.8. The molecule has 0 aliphatic carbocycles. The maximum atomic E-state index is 10.9. The van der Waals surface area contributed by atoms with E-state index in [2.05, 4.69) is 86.0 Å². The highest BCUT2D eigenvalue weighted by atomic mass is 16.3. The molecule has 8 nitrogen and oxygen atoms in total. The molecule has 0 saturated carbocycles. The maximum absolute atomic E-state index is 10.9. The number of imidazole rings is 1. The Labute approximate surface area is 241 Å². The predicted octanol–water partition coefficient (Wildman–Crippen LogP) is 5.08. The lowest BCUT2D eigenvalue weighted by molar-refractivity contribution is 0.105. The summed E-state index contributed by atoms with van der Waals surface area (Å²) in [4.78, 5) is 19.0. The number of aliphatic hydroxyl groups excluding tert-OH is 1. The number of benzene rings is 3. The lowest BCUT2D eigenvalue weighted by Gasteiger charge is -2.37. The third-order valence-electron chi connectivity index (χ3n) is 8.02. The van der Waals surface area contributed by atoms with Crippen molar-refractivity contribution in [2.75, 3.05) is 49.5 Å². The molecule has 210 valence electrons. The number of rotatable bonds is 9. The number of β-amino-alcohol motifs (C(OH)–C–C–N with tert-alkyl or cyclic N) is 1. The Bertz CT molecular complexity index is 1590. The van der Waals surface area contributed by atoms with Gasteiger partial charge in [-0.2, -0.15) is 0 Å². The van der Waals surface area contributed by atoms with Crippen molar-refractivity contribution in [3.8, 4) is 17.1 Å². The summed E-state index contributed by atoms with van der Waals surface area (Å²) in [7, 11) is 0. The fraction of sp³-hybridized carbons (Fsp3) is 0.303. The average Bonchev–Trinajstić information content (AvgIpc) is 3.41. The number of nitrogens with zero attached hydrogens (tertiary/aromatic N) is 6. The topological polar surface area (TPSA) is 82.3 Å². The fourth-order valence-corrected chi connectivity index (χ4v) is 5.62. The number of para-hydroxylation sites is 1. The van der Waals surface area contributed by atoms with Crippen molar-refractivity contribution in [2.45, 2.75) is 26.4 Å². The molecule has 8 heteroatoms. The van der Waals surface area contributed by atoms with Gasteiger partial charge in [-0.25, -0.2) is 15.0 Å². The number of hydrogen-bond donors (Lipinski definition) is 2. The Kier molecular flexibility index (Phi) is 7.93. The number of nitrogens with one attached hydrogen (secondary N) is 1. The minimum atomic E-state index is -0.422. The standard InChI is InChI=1S/C33H37N7O/c1-24-10-9-15-29(25(24)2)39-20-18-38(19-21-39)22-28(41)16-17-34-31-30-33(36-23-35-31)40(27-13-7-4-8-14-27)32(37-30)26-11-5-3-6-12-26/h3-15,23,28,41H,16-22H2,1-2H3,(H,34,35,36). The van der Waals surface area contributed by atoms with Gasteiger partial charge in [0, 0.05) is 56.2 Å². The summed E-state index contributed by atoms with van der Waals surface area (Å²) in [5.41, 5.74) is 7.48. The molecule has 0 bridgehead atoms. The van der Waals surface area contributed by atoms with E-state index in [9.17, 15) is 5.11 Å². The summed E-state index contributed by atoms with van der Waals surface area (Å²) in [6.45, 7) is 9.48. The molecule has 1 aliphatic heterocycles. The van der Waals surface area contributed by atoms with Crippen LogP contribution in [0.4, 0.5) is 11.5 Å². The maximum Gasteiger partial charge on any atom is 0.170 e. The van der Waals surface area contributed by atoms with Crippen molar-refractivity contribution in [1.29, 1.82) is 0 Å². The summed E-state index contributed by atoms with van der Waals surface area (Å²) in [5.74, 6) is 1.49. The van der Waals surface area contributed by atoms with E-state index in [0.717, 1.165) is 48.9 Å². The van der Waals surface area contributed by atoms with Crippen LogP contribution in [-0.2, 0) is 0 Å². The first kappa shape index (κ1) is 26.9. The molecular weight excluding hydrogens is 510 g/mol. The van der Waals surface area contributed by atoms with Crippen LogP contribution >= 0.6 is 0 Å². The Morgan fingerprint density at radius 1 is 0.854 bits per heavy atom. The van der Waals surface area contributed by atoms with Crippen molar-refractivity contribution < 1.29 is 5.11 Å². The number of aliphatic hydroxyl groups is 1. The Balaban J connectivity index is 1.10. The summed E-state index contributed by atoms with van der Waals surface area (Å²) < 4.78 is 2.07. The largest absolute Gasteiger partial charge is 0.392 e. The molecule has 1 saturated heterocycles. The predicted molar refractivity (Wildman–Crippen MR) is 166 cm³/mol. The fourth-order valence-electron chi connectivity index (χ4n) is 5.62. The van der Waals surface area contributed by atoms with Gasteiger partial charge in [-0.15, -0.1) is 0 Å². The summed E-state index contributed by atoms with van der Waals surface area (Å²) >= 11 is 0. The molecule has 0 spiro atoms. The van der Waals surface area contributed by atoms with Gasteiger partial charge < -0.3 is 15.3 Å². The molecule has 1 fully saturated rings. The number of aryl methyl sites for hydroxylation is 1. The first-order chi connectivity index (χ1) is 20.1. The van der Waals surface area contributed by atoms with E-state index in [0.29, 0.717) is 30.8 Å². The quantitative estimate of drug-likeness (QED) is 0.266. The molecule has 3 aromatic carbocycles. The van der Waals surface area contributed by atoms with Gasteiger partial charge in [-0.3, -0.25) is 9.47 Å². The minimum absolute atomic E-state index is 0.422. The van der Waals surface area contributed by atoms with Gasteiger partial charge in [0.1, 0.15) is 12.2 Å². The molecule has 6 rings (SSSR count). The van der Waals surface area contributed by atoms with E-state index in [4.69, 9.17) is 4.98 Å². The van der Waals surface area contributed by atoms with Gasteiger partial charge in [-0.1, -0.05) is 60.7 Å². The number of hydrogen-bond acceptors (Lipinski definition) is 7. The SMILES string of the molecule is Cc1cccc(N2CCN(CC(O)CCNc3ncnc4c3nc(-c3ccccc3)n4-c3ccccc3)CC2)c1C. The van der Waals surface area contributed by atoms with E-state index >= 15 is 0 Å². The van der Waals surface area contributed by atoms with Crippen LogP contribution in [0.25, 0.3) is 28.2 Å².